The molecule has 2 aromatic rings. The summed E-state index contributed by atoms with van der Waals surface area (Å²) in [5.41, 5.74) is 0.974. The molecule has 0 spiro atoms. The highest BCUT2D eigenvalue weighted by atomic mass is 32.1. The zero-order valence-electron chi connectivity index (χ0n) is 10.5. The molecular formula is C9H5F6N5OS. The van der Waals surface area contributed by atoms with Crippen molar-refractivity contribution >= 4 is 17.0 Å². The highest BCUT2D eigenvalue weighted by Crippen LogP contribution is 2.36. The van der Waals surface area contributed by atoms with Crippen LogP contribution in [0.5, 0.6) is 0 Å². The topological polar surface area (TPSA) is 86.7 Å². The van der Waals surface area contributed by atoms with Gasteiger partial charge in [0.25, 0.3) is 5.56 Å². The molecular weight excluding hydrogens is 340 g/mol. The molecule has 0 radical (unpaired) electrons. The van der Waals surface area contributed by atoms with Crippen molar-refractivity contribution in [3.63, 3.8) is 0 Å². The van der Waals surface area contributed by atoms with E-state index in [1.807, 2.05) is 0 Å². The molecule has 2 aromatic heterocycles. The Kier molecular flexibility index (Phi) is 3.63. The Hall–Kier alpha value is -2.18. The van der Waals surface area contributed by atoms with Gasteiger partial charge in [0.15, 0.2) is 16.5 Å². The molecule has 0 aliphatic carbocycles. The quantitative estimate of drug-likeness (QED) is 0.798. The SMILES string of the molecule is Cn1c(-c2nnc(C(F)(F)F)s2)nc(C(F)(F)F)c(N)c1=O. The van der Waals surface area contributed by atoms with Crippen LogP contribution >= 0.6 is 11.3 Å². The van der Waals surface area contributed by atoms with Crippen LogP contribution in [-0.4, -0.2) is 19.7 Å². The maximum absolute atomic E-state index is 12.7. The molecule has 0 bridgehead atoms. The summed E-state index contributed by atoms with van der Waals surface area (Å²) in [6.07, 6.45) is -9.85. The molecule has 6 nitrogen and oxygen atoms in total. The number of aromatic nitrogens is 4. The van der Waals surface area contributed by atoms with Crippen LogP contribution in [0.1, 0.15) is 10.7 Å². The predicted molar refractivity (Wildman–Crippen MR) is 62.8 cm³/mol. The van der Waals surface area contributed by atoms with Gasteiger partial charge in [0.1, 0.15) is 5.69 Å². The van der Waals surface area contributed by atoms with Crippen LogP contribution < -0.4 is 11.3 Å². The molecule has 0 fully saturated rings. The standard InChI is InChI=1S/C9H5F6N5OS/c1-20-4(5-18-19-7(22-5)9(13,14)15)17-3(8(10,11)12)2(16)6(20)21/h16H2,1H3. The van der Waals surface area contributed by atoms with E-state index in [0.717, 1.165) is 7.05 Å². The number of nitrogens with zero attached hydrogens (tertiary/aromatic N) is 4. The number of hydrogen-bond acceptors (Lipinski definition) is 6. The third-order valence-electron chi connectivity index (χ3n) is 2.45. The van der Waals surface area contributed by atoms with Crippen LogP contribution in [0.4, 0.5) is 32.0 Å². The number of rotatable bonds is 1. The lowest BCUT2D eigenvalue weighted by molar-refractivity contribution is -0.140. The minimum absolute atomic E-state index is 0.0366. The summed E-state index contributed by atoms with van der Waals surface area (Å²) in [5.74, 6) is -0.709. The minimum atomic E-state index is -5.04. The Labute approximate surface area is 121 Å². The summed E-state index contributed by atoms with van der Waals surface area (Å²) in [6, 6.07) is 0. The first kappa shape index (κ1) is 16.2. The van der Waals surface area contributed by atoms with Crippen LogP contribution in [0.25, 0.3) is 10.8 Å². The van der Waals surface area contributed by atoms with Gasteiger partial charge >= 0.3 is 12.4 Å². The van der Waals surface area contributed by atoms with Gasteiger partial charge in [0.2, 0.25) is 5.01 Å². The Bertz CT molecular complexity index is 776. The summed E-state index contributed by atoms with van der Waals surface area (Å²) in [5, 5.41) is 3.99. The van der Waals surface area contributed by atoms with E-state index >= 15 is 0 Å². The average molecular weight is 345 g/mol. The lowest BCUT2D eigenvalue weighted by atomic mass is 10.3. The molecule has 0 saturated heterocycles. The summed E-state index contributed by atoms with van der Waals surface area (Å²) < 4.78 is 76.2. The molecule has 13 heteroatoms. The third kappa shape index (κ3) is 2.75. The van der Waals surface area contributed by atoms with Gasteiger partial charge in [-0.2, -0.15) is 26.3 Å². The zero-order chi connectivity index (χ0) is 16.9. The van der Waals surface area contributed by atoms with E-state index in [1.54, 1.807) is 0 Å². The molecule has 0 aromatic carbocycles. The second-order valence-corrected chi connectivity index (χ2v) is 4.95. The first-order chi connectivity index (χ1) is 9.93. The summed E-state index contributed by atoms with van der Waals surface area (Å²) >= 11 is -0.0366. The van der Waals surface area contributed by atoms with E-state index in [0.29, 0.717) is 4.57 Å². The molecule has 2 heterocycles. The predicted octanol–water partition coefficient (Wildman–Crippen LogP) is 1.92. The molecule has 0 aliphatic heterocycles. The van der Waals surface area contributed by atoms with Crippen LogP contribution in [0.2, 0.25) is 0 Å². The van der Waals surface area contributed by atoms with E-state index in [9.17, 15) is 31.1 Å². The first-order valence-corrected chi connectivity index (χ1v) is 6.09. The van der Waals surface area contributed by atoms with Crippen molar-refractivity contribution in [2.24, 2.45) is 7.05 Å². The van der Waals surface area contributed by atoms with Gasteiger partial charge in [0, 0.05) is 7.05 Å². The van der Waals surface area contributed by atoms with Crippen LogP contribution in [0.15, 0.2) is 4.79 Å². The minimum Gasteiger partial charge on any atom is -0.392 e. The Morgan fingerprint density at radius 3 is 2.14 bits per heavy atom. The Morgan fingerprint density at radius 2 is 1.68 bits per heavy atom. The van der Waals surface area contributed by atoms with Crippen molar-refractivity contribution in [1.82, 2.24) is 19.7 Å². The van der Waals surface area contributed by atoms with E-state index < -0.39 is 45.1 Å². The Balaban J connectivity index is 2.69. The van der Waals surface area contributed by atoms with Gasteiger partial charge in [-0.3, -0.25) is 9.36 Å². The number of nitrogen functional groups attached to an aromatic ring is 1. The number of nitrogens with two attached hydrogens (primary N) is 1. The average Bonchev–Trinajstić information content (AvgIpc) is 2.84. The molecule has 22 heavy (non-hydrogen) atoms. The molecule has 0 saturated carbocycles. The fraction of sp³-hybridized carbons (Fsp3) is 0.333. The largest absolute Gasteiger partial charge is 0.445 e. The van der Waals surface area contributed by atoms with Crippen molar-refractivity contribution in [3.8, 4) is 10.8 Å². The van der Waals surface area contributed by atoms with Gasteiger partial charge in [-0.15, -0.1) is 10.2 Å². The van der Waals surface area contributed by atoms with Crippen molar-refractivity contribution in [1.29, 1.82) is 0 Å². The molecule has 0 atom stereocenters. The summed E-state index contributed by atoms with van der Waals surface area (Å²) in [6.45, 7) is 0. The number of anilines is 1. The van der Waals surface area contributed by atoms with Crippen molar-refractivity contribution in [2.45, 2.75) is 12.4 Å². The van der Waals surface area contributed by atoms with Gasteiger partial charge < -0.3 is 5.73 Å². The monoisotopic (exact) mass is 345 g/mol. The summed E-state index contributed by atoms with van der Waals surface area (Å²) in [4.78, 5) is 14.8. The molecule has 120 valence electrons. The second-order valence-electron chi connectivity index (χ2n) is 3.97. The molecule has 0 unspecified atom stereocenters. The van der Waals surface area contributed by atoms with E-state index in [4.69, 9.17) is 5.73 Å². The zero-order valence-corrected chi connectivity index (χ0v) is 11.3. The molecule has 2 rings (SSSR count). The van der Waals surface area contributed by atoms with Gasteiger partial charge in [0.05, 0.1) is 0 Å². The first-order valence-electron chi connectivity index (χ1n) is 5.27. The lowest BCUT2D eigenvalue weighted by Gasteiger charge is -2.12. The smallest absolute Gasteiger partial charge is 0.392 e. The summed E-state index contributed by atoms with van der Waals surface area (Å²) in [7, 11) is 1.01. The van der Waals surface area contributed by atoms with Crippen LogP contribution in [0.3, 0.4) is 0 Å². The molecule has 2 N–H and O–H groups in total. The van der Waals surface area contributed by atoms with Gasteiger partial charge in [-0.05, 0) is 0 Å². The molecule has 0 amide bonds. The van der Waals surface area contributed by atoms with Crippen molar-refractivity contribution in [3.05, 3.63) is 21.1 Å². The van der Waals surface area contributed by atoms with Crippen molar-refractivity contribution < 1.29 is 26.3 Å². The van der Waals surface area contributed by atoms with Crippen molar-refractivity contribution in [2.75, 3.05) is 5.73 Å². The maximum atomic E-state index is 12.7. The van der Waals surface area contributed by atoms with E-state index in [2.05, 4.69) is 15.2 Å². The highest BCUT2D eigenvalue weighted by molar-refractivity contribution is 7.14. The van der Waals surface area contributed by atoms with Crippen LogP contribution in [-0.2, 0) is 19.4 Å². The second kappa shape index (κ2) is 4.93. The number of alkyl halides is 6. The maximum Gasteiger partial charge on any atom is 0.445 e. The number of halogens is 6. The van der Waals surface area contributed by atoms with Gasteiger partial charge in [-0.1, -0.05) is 11.3 Å². The Morgan fingerprint density at radius 1 is 1.09 bits per heavy atom. The molecule has 0 aliphatic rings. The number of hydrogen-bond donors (Lipinski definition) is 1. The van der Waals surface area contributed by atoms with E-state index in [1.165, 1.54) is 0 Å². The van der Waals surface area contributed by atoms with E-state index in [-0.39, 0.29) is 11.3 Å². The fourth-order valence-corrected chi connectivity index (χ4v) is 2.19. The van der Waals surface area contributed by atoms with Gasteiger partial charge in [-0.25, -0.2) is 4.98 Å². The van der Waals surface area contributed by atoms with Crippen LogP contribution in [0, 0.1) is 0 Å². The highest BCUT2D eigenvalue weighted by Gasteiger charge is 2.39. The normalized spacial score (nSPS) is 12.7. The lowest BCUT2D eigenvalue weighted by Crippen LogP contribution is -2.28. The fourth-order valence-electron chi connectivity index (χ4n) is 1.45. The third-order valence-corrected chi connectivity index (χ3v) is 3.42.